The third-order valence-corrected chi connectivity index (χ3v) is 6.16. The third kappa shape index (κ3) is 3.62. The van der Waals surface area contributed by atoms with Gasteiger partial charge in [0.05, 0.1) is 11.5 Å². The molecule has 2 aliphatic rings. The number of aliphatic imine (C=N–C) groups is 1. The van der Waals surface area contributed by atoms with Crippen molar-refractivity contribution in [3.63, 3.8) is 0 Å². The fourth-order valence-electron chi connectivity index (χ4n) is 3.22. The third-order valence-electron chi connectivity index (χ3n) is 4.61. The molecule has 0 radical (unpaired) electrons. The Morgan fingerprint density at radius 3 is 2.93 bits per heavy atom. The van der Waals surface area contributed by atoms with E-state index in [4.69, 9.17) is 11.6 Å². The molecule has 0 saturated heterocycles. The highest BCUT2D eigenvalue weighted by atomic mass is 35.5. The maximum atomic E-state index is 13.1. The van der Waals surface area contributed by atoms with Crippen LogP contribution in [0.3, 0.4) is 0 Å². The average Bonchev–Trinajstić information content (AvgIpc) is 3.24. The van der Waals surface area contributed by atoms with E-state index in [1.54, 1.807) is 11.5 Å². The zero-order valence-corrected chi connectivity index (χ0v) is 16.5. The van der Waals surface area contributed by atoms with Crippen LogP contribution in [0.5, 0.6) is 0 Å². The van der Waals surface area contributed by atoms with Crippen molar-refractivity contribution in [1.29, 1.82) is 0 Å². The molecular formula is C19H18ClF2N5S. The summed E-state index contributed by atoms with van der Waals surface area (Å²) in [6.07, 6.45) is -1.87. The monoisotopic (exact) mass is 421 g/mol. The number of hydrogen-bond acceptors (Lipinski definition) is 4. The van der Waals surface area contributed by atoms with Crippen LogP contribution >= 0.6 is 22.1 Å². The molecule has 5 nitrogen and oxygen atoms in total. The molecule has 0 amide bonds. The Bertz CT molecular complexity index is 1030. The van der Waals surface area contributed by atoms with Crippen LogP contribution in [0.25, 0.3) is 5.70 Å². The van der Waals surface area contributed by atoms with Crippen molar-refractivity contribution >= 4 is 44.4 Å². The van der Waals surface area contributed by atoms with Gasteiger partial charge in [0.15, 0.2) is 0 Å². The van der Waals surface area contributed by atoms with Crippen LogP contribution in [0.4, 0.5) is 14.5 Å². The zero-order chi connectivity index (χ0) is 19.8. The highest BCUT2D eigenvalue weighted by molar-refractivity contribution is 8.30. The SMILES string of the molecule is C=C(Nc1cccc(Cl)c1)N1CCc2[nH]nc(C3=CS(=C)C(C(F)F)=N3)c2C1. The van der Waals surface area contributed by atoms with Crippen LogP contribution in [0.2, 0.25) is 5.02 Å². The number of H-pyrrole nitrogens is 1. The second kappa shape index (κ2) is 7.52. The van der Waals surface area contributed by atoms with E-state index in [9.17, 15) is 8.78 Å². The van der Waals surface area contributed by atoms with Crippen molar-refractivity contribution in [2.75, 3.05) is 11.9 Å². The van der Waals surface area contributed by atoms with E-state index in [0.717, 1.165) is 35.7 Å². The zero-order valence-electron chi connectivity index (χ0n) is 14.9. The fraction of sp³-hybridized carbons (Fsp3) is 0.211. The van der Waals surface area contributed by atoms with Gasteiger partial charge in [-0.05, 0) is 23.6 Å². The van der Waals surface area contributed by atoms with Crippen molar-refractivity contribution in [2.24, 2.45) is 4.99 Å². The number of aromatic amines is 1. The van der Waals surface area contributed by atoms with Gasteiger partial charge in [-0.1, -0.05) is 30.1 Å². The van der Waals surface area contributed by atoms with Crippen LogP contribution < -0.4 is 5.32 Å². The van der Waals surface area contributed by atoms with E-state index in [-0.39, 0.29) is 5.04 Å². The van der Waals surface area contributed by atoms with Crippen LogP contribution in [-0.4, -0.2) is 39.0 Å². The average molecular weight is 422 g/mol. The number of aromatic nitrogens is 2. The number of rotatable bonds is 5. The minimum Gasteiger partial charge on any atom is -0.354 e. The lowest BCUT2D eigenvalue weighted by Crippen LogP contribution is -2.32. The number of nitrogens with one attached hydrogen (secondary N) is 2. The number of alkyl halides is 2. The molecule has 1 unspecified atom stereocenters. The van der Waals surface area contributed by atoms with Crippen molar-refractivity contribution in [3.8, 4) is 0 Å². The van der Waals surface area contributed by atoms with E-state index in [1.165, 1.54) is 0 Å². The first-order valence-electron chi connectivity index (χ1n) is 8.56. The summed E-state index contributed by atoms with van der Waals surface area (Å²) in [6.45, 7) is 5.43. The van der Waals surface area contributed by atoms with Crippen LogP contribution in [0.1, 0.15) is 17.0 Å². The number of nitrogens with zero attached hydrogens (tertiary/aromatic N) is 3. The standard InChI is InChI=1S/C19H18ClF2N5S/c1-11(23-13-5-3-4-12(20)8-13)27-7-6-15-14(9-27)17(26-25-15)16-10-28(2)19(24-16)18(21)22/h3-5,8,10,18,23H,1-2,6-7,9H2,(H,25,26). The van der Waals surface area contributed by atoms with Gasteiger partial charge in [0.25, 0.3) is 6.43 Å². The second-order valence-electron chi connectivity index (χ2n) is 6.47. The molecule has 0 spiro atoms. The van der Waals surface area contributed by atoms with E-state index in [2.05, 4.69) is 37.9 Å². The Morgan fingerprint density at radius 1 is 1.39 bits per heavy atom. The first-order chi connectivity index (χ1) is 13.4. The maximum Gasteiger partial charge on any atom is 0.286 e. The minimum absolute atomic E-state index is 0.188. The number of anilines is 1. The van der Waals surface area contributed by atoms with Gasteiger partial charge in [-0.3, -0.25) is 5.10 Å². The molecule has 1 atom stereocenters. The lowest BCUT2D eigenvalue weighted by molar-refractivity contribution is 0.229. The van der Waals surface area contributed by atoms with E-state index >= 15 is 0 Å². The first kappa shape index (κ1) is 18.9. The summed E-state index contributed by atoms with van der Waals surface area (Å²) in [5, 5.41) is 12.7. The van der Waals surface area contributed by atoms with Crippen molar-refractivity contribution in [2.45, 2.75) is 19.4 Å². The number of benzene rings is 1. The molecule has 2 aliphatic heterocycles. The normalized spacial score (nSPS) is 18.7. The van der Waals surface area contributed by atoms with Crippen LogP contribution in [0, 0.1) is 0 Å². The predicted octanol–water partition coefficient (Wildman–Crippen LogP) is 4.68. The Labute approximate surface area is 168 Å². The number of fused-ring (bicyclic) bond motifs is 1. The smallest absolute Gasteiger partial charge is 0.286 e. The summed E-state index contributed by atoms with van der Waals surface area (Å²) < 4.78 is 26.2. The molecular weight excluding hydrogens is 404 g/mol. The lowest BCUT2D eigenvalue weighted by atomic mass is 10.0. The van der Waals surface area contributed by atoms with Gasteiger partial charge in [-0.2, -0.15) is 5.10 Å². The maximum absolute atomic E-state index is 13.1. The van der Waals surface area contributed by atoms with E-state index in [0.29, 0.717) is 23.0 Å². The molecule has 1 aromatic heterocycles. The lowest BCUT2D eigenvalue weighted by Gasteiger charge is -2.31. The summed E-state index contributed by atoms with van der Waals surface area (Å²) in [7, 11) is -0.925. The molecule has 3 heterocycles. The molecule has 1 aromatic carbocycles. The molecule has 146 valence electrons. The molecule has 0 bridgehead atoms. The quantitative estimate of drug-likeness (QED) is 0.689. The summed E-state index contributed by atoms with van der Waals surface area (Å²) in [5.74, 6) is 4.50. The molecule has 2 N–H and O–H groups in total. The summed E-state index contributed by atoms with van der Waals surface area (Å²) in [6, 6.07) is 7.40. The highest BCUT2D eigenvalue weighted by Crippen LogP contribution is 2.37. The predicted molar refractivity (Wildman–Crippen MR) is 113 cm³/mol. The minimum atomic E-state index is -2.61. The van der Waals surface area contributed by atoms with Gasteiger partial charge in [-0.15, -0.1) is 10.5 Å². The van der Waals surface area contributed by atoms with E-state index in [1.807, 2.05) is 18.2 Å². The topological polar surface area (TPSA) is 56.3 Å². The molecule has 2 aromatic rings. The molecule has 0 aliphatic carbocycles. The van der Waals surface area contributed by atoms with Gasteiger partial charge in [-0.25, -0.2) is 13.8 Å². The Hall–Kier alpha value is -2.45. The van der Waals surface area contributed by atoms with Gasteiger partial charge >= 0.3 is 0 Å². The van der Waals surface area contributed by atoms with Gasteiger partial charge in [0, 0.05) is 41.5 Å². The fourth-order valence-corrected chi connectivity index (χ4v) is 4.41. The molecule has 0 saturated carbocycles. The molecule has 28 heavy (non-hydrogen) atoms. The summed E-state index contributed by atoms with van der Waals surface area (Å²) in [4.78, 5) is 6.17. The number of halogens is 3. The van der Waals surface area contributed by atoms with Gasteiger partial charge < -0.3 is 10.2 Å². The van der Waals surface area contributed by atoms with Crippen molar-refractivity contribution in [3.05, 3.63) is 64.0 Å². The molecule has 0 fully saturated rings. The van der Waals surface area contributed by atoms with E-state index < -0.39 is 16.9 Å². The largest absolute Gasteiger partial charge is 0.354 e. The van der Waals surface area contributed by atoms with Gasteiger partial charge in [0.1, 0.15) is 10.7 Å². The Balaban J connectivity index is 1.54. The molecule has 4 rings (SSSR count). The van der Waals surface area contributed by atoms with Crippen molar-refractivity contribution in [1.82, 2.24) is 15.1 Å². The Morgan fingerprint density at radius 2 is 2.21 bits per heavy atom. The summed E-state index contributed by atoms with van der Waals surface area (Å²) >= 11 is 6.03. The Kier molecular flexibility index (Phi) is 5.07. The molecule has 9 heteroatoms. The highest BCUT2D eigenvalue weighted by Gasteiger charge is 2.28. The van der Waals surface area contributed by atoms with Crippen molar-refractivity contribution < 1.29 is 8.78 Å². The van der Waals surface area contributed by atoms with Crippen LogP contribution in [-0.2, 0) is 13.0 Å². The second-order valence-corrected chi connectivity index (χ2v) is 8.41. The first-order valence-corrected chi connectivity index (χ1v) is 10.4. The number of hydrogen-bond donors (Lipinski definition) is 2. The summed E-state index contributed by atoms with van der Waals surface area (Å²) in [5.41, 5.74) is 3.85. The van der Waals surface area contributed by atoms with Crippen LogP contribution in [0.15, 0.2) is 47.1 Å². The van der Waals surface area contributed by atoms with Gasteiger partial charge in [0.2, 0.25) is 0 Å².